The Kier molecular flexibility index (Phi) is 7.06. The summed E-state index contributed by atoms with van der Waals surface area (Å²) in [5.74, 6) is -0.342. The third-order valence-electron chi connectivity index (χ3n) is 3.92. The van der Waals surface area contributed by atoms with E-state index in [-0.39, 0.29) is 18.5 Å². The largest absolute Gasteiger partial charge is 0.352 e. The van der Waals surface area contributed by atoms with Gasteiger partial charge in [0, 0.05) is 11.1 Å². The number of anilines is 1. The Morgan fingerprint density at radius 3 is 2.31 bits per heavy atom. The van der Waals surface area contributed by atoms with Gasteiger partial charge in [0.1, 0.15) is 6.54 Å². The number of hydrogen-bond donors (Lipinski definition) is 1. The van der Waals surface area contributed by atoms with Crippen LogP contribution in [0.2, 0.25) is 5.02 Å². The zero-order chi connectivity index (χ0) is 19.2. The molecule has 5 nitrogen and oxygen atoms in total. The number of carbonyl (C=O) groups is 1. The maximum atomic E-state index is 12.3. The van der Waals surface area contributed by atoms with Crippen molar-refractivity contribution in [1.29, 1.82) is 0 Å². The number of nitrogens with one attached hydrogen (secondary N) is 1. The molecule has 0 fully saturated rings. The first-order valence-electron chi connectivity index (χ1n) is 8.32. The van der Waals surface area contributed by atoms with Crippen LogP contribution in [0.4, 0.5) is 5.69 Å². The highest BCUT2D eigenvalue weighted by molar-refractivity contribution is 7.92. The summed E-state index contributed by atoms with van der Waals surface area (Å²) in [7, 11) is -3.59. The van der Waals surface area contributed by atoms with E-state index in [4.69, 9.17) is 11.6 Å². The molecule has 0 radical (unpaired) electrons. The number of rotatable bonds is 8. The van der Waals surface area contributed by atoms with E-state index >= 15 is 0 Å². The van der Waals surface area contributed by atoms with Gasteiger partial charge in [0.25, 0.3) is 0 Å². The predicted molar refractivity (Wildman–Crippen MR) is 106 cm³/mol. The van der Waals surface area contributed by atoms with Gasteiger partial charge in [-0.2, -0.15) is 0 Å². The lowest BCUT2D eigenvalue weighted by Gasteiger charge is -2.23. The summed E-state index contributed by atoms with van der Waals surface area (Å²) in [5, 5.41) is 3.36. The molecule has 0 aliphatic carbocycles. The summed E-state index contributed by atoms with van der Waals surface area (Å²) in [4.78, 5) is 12.3. The normalized spacial score (nSPS) is 12.4. The van der Waals surface area contributed by atoms with E-state index < -0.39 is 10.0 Å². The molecular weight excluding hydrogens is 372 g/mol. The van der Waals surface area contributed by atoms with E-state index in [9.17, 15) is 13.2 Å². The summed E-state index contributed by atoms with van der Waals surface area (Å²) in [6, 6.07) is 16.3. The topological polar surface area (TPSA) is 66.5 Å². The molecule has 0 heterocycles. The molecule has 140 valence electrons. The first kappa shape index (κ1) is 20.3. The minimum absolute atomic E-state index is 0.0608. The first-order valence-corrected chi connectivity index (χ1v) is 10.5. The molecule has 26 heavy (non-hydrogen) atoms. The van der Waals surface area contributed by atoms with Crippen LogP contribution >= 0.6 is 11.6 Å². The lowest BCUT2D eigenvalue weighted by atomic mass is 10.1. The van der Waals surface area contributed by atoms with Crippen molar-refractivity contribution in [1.82, 2.24) is 5.32 Å². The van der Waals surface area contributed by atoms with Crippen LogP contribution in [0.3, 0.4) is 0 Å². The second kappa shape index (κ2) is 9.05. The number of sulfonamides is 1. The molecule has 7 heteroatoms. The molecule has 2 aromatic rings. The fourth-order valence-corrected chi connectivity index (χ4v) is 3.54. The lowest BCUT2D eigenvalue weighted by Crippen LogP contribution is -2.43. The SMILES string of the molecule is C[C@@H](CCc1ccccc1)NC(=O)CN(c1ccc(Cl)cc1)S(C)(=O)=O. The number of amides is 1. The zero-order valence-electron chi connectivity index (χ0n) is 14.9. The van der Waals surface area contributed by atoms with E-state index in [1.807, 2.05) is 37.3 Å². The van der Waals surface area contributed by atoms with Crippen LogP contribution in [0.1, 0.15) is 18.9 Å². The van der Waals surface area contributed by atoms with Crippen LogP contribution in [0.15, 0.2) is 54.6 Å². The van der Waals surface area contributed by atoms with Gasteiger partial charge < -0.3 is 5.32 Å². The minimum Gasteiger partial charge on any atom is -0.352 e. The Balaban J connectivity index is 1.95. The van der Waals surface area contributed by atoms with E-state index in [2.05, 4.69) is 5.32 Å². The van der Waals surface area contributed by atoms with Crippen molar-refractivity contribution in [2.75, 3.05) is 17.1 Å². The van der Waals surface area contributed by atoms with Crippen LogP contribution in [-0.2, 0) is 21.2 Å². The highest BCUT2D eigenvalue weighted by atomic mass is 35.5. The van der Waals surface area contributed by atoms with Crippen molar-refractivity contribution in [3.63, 3.8) is 0 Å². The highest BCUT2D eigenvalue weighted by Crippen LogP contribution is 2.20. The Morgan fingerprint density at radius 2 is 1.73 bits per heavy atom. The van der Waals surface area contributed by atoms with Crippen molar-refractivity contribution < 1.29 is 13.2 Å². The van der Waals surface area contributed by atoms with Crippen molar-refractivity contribution in [2.24, 2.45) is 0 Å². The van der Waals surface area contributed by atoms with Gasteiger partial charge in [-0.1, -0.05) is 41.9 Å². The van der Waals surface area contributed by atoms with Crippen LogP contribution in [-0.4, -0.2) is 33.2 Å². The number of hydrogen-bond acceptors (Lipinski definition) is 3. The van der Waals surface area contributed by atoms with Gasteiger partial charge in [-0.15, -0.1) is 0 Å². The van der Waals surface area contributed by atoms with Crippen LogP contribution in [0.25, 0.3) is 0 Å². The Bertz CT molecular complexity index is 824. The molecule has 0 aliphatic heterocycles. The molecule has 1 atom stereocenters. The lowest BCUT2D eigenvalue weighted by molar-refractivity contribution is -0.120. The van der Waals surface area contributed by atoms with E-state index in [1.54, 1.807) is 24.3 Å². The molecule has 0 aromatic heterocycles. The second-order valence-corrected chi connectivity index (χ2v) is 8.58. The van der Waals surface area contributed by atoms with E-state index in [0.29, 0.717) is 10.7 Å². The van der Waals surface area contributed by atoms with Gasteiger partial charge >= 0.3 is 0 Å². The standard InChI is InChI=1S/C19H23ClN2O3S/c1-15(8-9-16-6-4-3-5-7-16)21-19(23)14-22(26(2,24)25)18-12-10-17(20)11-13-18/h3-7,10-13,15H,8-9,14H2,1-2H3,(H,21,23)/t15-/m0/s1. The fourth-order valence-electron chi connectivity index (χ4n) is 2.56. The van der Waals surface area contributed by atoms with Gasteiger partial charge in [-0.3, -0.25) is 9.10 Å². The third kappa shape index (κ3) is 6.35. The Morgan fingerprint density at radius 1 is 1.12 bits per heavy atom. The maximum absolute atomic E-state index is 12.3. The van der Waals surface area contributed by atoms with Crippen molar-refractivity contribution in [3.05, 3.63) is 65.2 Å². The monoisotopic (exact) mass is 394 g/mol. The molecule has 2 rings (SSSR count). The fraction of sp³-hybridized carbons (Fsp3) is 0.316. The number of benzene rings is 2. The summed E-state index contributed by atoms with van der Waals surface area (Å²) >= 11 is 5.84. The Hall–Kier alpha value is -2.05. The summed E-state index contributed by atoms with van der Waals surface area (Å²) < 4.78 is 25.2. The second-order valence-electron chi connectivity index (χ2n) is 6.24. The van der Waals surface area contributed by atoms with Crippen LogP contribution in [0, 0.1) is 0 Å². The molecular formula is C19H23ClN2O3S. The third-order valence-corrected chi connectivity index (χ3v) is 5.31. The molecule has 0 unspecified atom stereocenters. The molecule has 1 N–H and O–H groups in total. The van der Waals surface area contributed by atoms with Crippen LogP contribution < -0.4 is 9.62 Å². The molecule has 0 bridgehead atoms. The number of aryl methyl sites for hydroxylation is 1. The predicted octanol–water partition coefficient (Wildman–Crippen LogP) is 3.24. The number of nitrogens with zero attached hydrogens (tertiary/aromatic N) is 1. The quantitative estimate of drug-likeness (QED) is 0.747. The van der Waals surface area contributed by atoms with Crippen molar-refractivity contribution in [2.45, 2.75) is 25.8 Å². The number of halogens is 1. The molecule has 0 saturated heterocycles. The average Bonchev–Trinajstić information content (AvgIpc) is 2.59. The van der Waals surface area contributed by atoms with E-state index in [0.717, 1.165) is 23.4 Å². The Labute approximate surface area is 160 Å². The van der Waals surface area contributed by atoms with Gasteiger partial charge in [0.05, 0.1) is 11.9 Å². The molecule has 0 aliphatic rings. The van der Waals surface area contributed by atoms with Crippen molar-refractivity contribution in [3.8, 4) is 0 Å². The smallest absolute Gasteiger partial charge is 0.240 e. The summed E-state index contributed by atoms with van der Waals surface area (Å²) in [5.41, 5.74) is 1.61. The summed E-state index contributed by atoms with van der Waals surface area (Å²) in [6.07, 6.45) is 2.69. The van der Waals surface area contributed by atoms with E-state index in [1.165, 1.54) is 5.56 Å². The van der Waals surface area contributed by atoms with Crippen LogP contribution in [0.5, 0.6) is 0 Å². The minimum atomic E-state index is -3.59. The van der Waals surface area contributed by atoms with Gasteiger partial charge in [0.2, 0.25) is 15.9 Å². The molecule has 2 aromatic carbocycles. The molecule has 0 saturated carbocycles. The number of carbonyl (C=O) groups excluding carboxylic acids is 1. The first-order chi connectivity index (χ1) is 12.3. The summed E-state index contributed by atoms with van der Waals surface area (Å²) in [6.45, 7) is 1.64. The van der Waals surface area contributed by atoms with Gasteiger partial charge in [-0.25, -0.2) is 8.42 Å². The maximum Gasteiger partial charge on any atom is 0.240 e. The average molecular weight is 395 g/mol. The van der Waals surface area contributed by atoms with Gasteiger partial charge in [0.15, 0.2) is 0 Å². The van der Waals surface area contributed by atoms with Crippen molar-refractivity contribution >= 4 is 33.2 Å². The van der Waals surface area contributed by atoms with Gasteiger partial charge in [-0.05, 0) is 49.6 Å². The zero-order valence-corrected chi connectivity index (χ0v) is 16.4. The highest BCUT2D eigenvalue weighted by Gasteiger charge is 2.21. The molecule has 1 amide bonds. The molecule has 0 spiro atoms.